The molecule has 110 valence electrons. The van der Waals surface area contributed by atoms with Gasteiger partial charge in [0.05, 0.1) is 18.7 Å². The number of nitrogens with zero attached hydrogens (tertiary/aromatic N) is 1. The number of carbonyl (C=O) groups is 1. The van der Waals surface area contributed by atoms with Gasteiger partial charge in [0.15, 0.2) is 0 Å². The van der Waals surface area contributed by atoms with Crippen LogP contribution in [0.1, 0.15) is 38.8 Å². The van der Waals surface area contributed by atoms with Crippen molar-refractivity contribution in [3.63, 3.8) is 0 Å². The summed E-state index contributed by atoms with van der Waals surface area (Å²) in [5, 5.41) is 9.87. The lowest BCUT2D eigenvalue weighted by molar-refractivity contribution is 0.0206. The second-order valence-corrected chi connectivity index (χ2v) is 7.01. The van der Waals surface area contributed by atoms with E-state index in [9.17, 15) is 9.90 Å². The molecule has 0 saturated carbocycles. The lowest BCUT2D eigenvalue weighted by Crippen LogP contribution is -2.37. The molecule has 2 unspecified atom stereocenters. The van der Waals surface area contributed by atoms with Crippen LogP contribution in [0.25, 0.3) is 0 Å². The number of hydrogen-bond acceptors (Lipinski definition) is 3. The zero-order chi connectivity index (χ0) is 14.9. The standard InChI is InChI=1S/C15H20BrNO3/c1-15(2,3)20-14(19)17-9-12(18)8-13(17)10-4-6-11(16)7-5-10/h4-7,12-13,18H,8-9H2,1-3H3. The van der Waals surface area contributed by atoms with Gasteiger partial charge in [-0.3, -0.25) is 4.90 Å². The Kier molecular flexibility index (Phi) is 4.39. The van der Waals surface area contributed by atoms with E-state index in [1.807, 2.05) is 45.0 Å². The van der Waals surface area contributed by atoms with Crippen LogP contribution in [0.4, 0.5) is 4.79 Å². The predicted molar refractivity (Wildman–Crippen MR) is 80.4 cm³/mol. The molecule has 2 rings (SSSR count). The van der Waals surface area contributed by atoms with Crippen LogP contribution in [0, 0.1) is 0 Å². The van der Waals surface area contributed by atoms with Crippen LogP contribution in [-0.2, 0) is 4.74 Å². The normalized spacial score (nSPS) is 22.9. The number of likely N-dealkylation sites (tertiary alicyclic amines) is 1. The zero-order valence-corrected chi connectivity index (χ0v) is 13.6. The largest absolute Gasteiger partial charge is 0.444 e. The quantitative estimate of drug-likeness (QED) is 0.850. The van der Waals surface area contributed by atoms with Gasteiger partial charge in [-0.2, -0.15) is 0 Å². The summed E-state index contributed by atoms with van der Waals surface area (Å²) >= 11 is 3.40. The number of aliphatic hydroxyl groups is 1. The summed E-state index contributed by atoms with van der Waals surface area (Å²) in [6, 6.07) is 7.67. The van der Waals surface area contributed by atoms with Crippen molar-refractivity contribution < 1.29 is 14.6 Å². The summed E-state index contributed by atoms with van der Waals surface area (Å²) in [6.07, 6.45) is -0.334. The molecular weight excluding hydrogens is 322 g/mol. The monoisotopic (exact) mass is 341 g/mol. The van der Waals surface area contributed by atoms with E-state index in [4.69, 9.17) is 4.74 Å². The number of β-amino-alcohol motifs (C(OH)–C–C–N with tert-alkyl or cyclic N) is 1. The van der Waals surface area contributed by atoms with Crippen molar-refractivity contribution in [1.29, 1.82) is 0 Å². The van der Waals surface area contributed by atoms with Crippen LogP contribution in [0.5, 0.6) is 0 Å². The van der Waals surface area contributed by atoms with Gasteiger partial charge >= 0.3 is 6.09 Å². The number of benzene rings is 1. The first kappa shape index (κ1) is 15.3. The van der Waals surface area contributed by atoms with Gasteiger partial charge in [-0.15, -0.1) is 0 Å². The highest BCUT2D eigenvalue weighted by Crippen LogP contribution is 2.33. The molecule has 1 amide bonds. The molecule has 1 aliphatic heterocycles. The first-order chi connectivity index (χ1) is 9.26. The summed E-state index contributed by atoms with van der Waals surface area (Å²) in [5.74, 6) is 0. The fourth-order valence-electron chi connectivity index (χ4n) is 2.34. The molecule has 20 heavy (non-hydrogen) atoms. The molecule has 1 saturated heterocycles. The maximum atomic E-state index is 12.2. The minimum Gasteiger partial charge on any atom is -0.444 e. The second kappa shape index (κ2) is 5.74. The number of halogens is 1. The number of hydrogen-bond donors (Lipinski definition) is 1. The average Bonchev–Trinajstić information content (AvgIpc) is 2.70. The number of amides is 1. The summed E-state index contributed by atoms with van der Waals surface area (Å²) in [4.78, 5) is 13.9. The van der Waals surface area contributed by atoms with Crippen molar-refractivity contribution in [2.45, 2.75) is 44.9 Å². The van der Waals surface area contributed by atoms with E-state index in [1.54, 1.807) is 4.90 Å². The van der Waals surface area contributed by atoms with Gasteiger partial charge in [0, 0.05) is 4.47 Å². The van der Waals surface area contributed by atoms with Crippen LogP contribution in [0.2, 0.25) is 0 Å². The molecule has 1 aromatic carbocycles. The van der Waals surface area contributed by atoms with E-state index in [2.05, 4.69) is 15.9 Å². The van der Waals surface area contributed by atoms with Crippen LogP contribution in [-0.4, -0.2) is 34.3 Å². The number of rotatable bonds is 1. The zero-order valence-electron chi connectivity index (χ0n) is 12.0. The molecule has 0 aromatic heterocycles. The third-order valence-corrected chi connectivity index (χ3v) is 3.69. The van der Waals surface area contributed by atoms with E-state index in [-0.39, 0.29) is 12.1 Å². The smallest absolute Gasteiger partial charge is 0.410 e. The predicted octanol–water partition coefficient (Wildman–Crippen LogP) is 3.49. The number of ether oxygens (including phenoxy) is 1. The van der Waals surface area contributed by atoms with Gasteiger partial charge in [-0.05, 0) is 44.9 Å². The van der Waals surface area contributed by atoms with Gasteiger partial charge in [0.25, 0.3) is 0 Å². The van der Waals surface area contributed by atoms with Gasteiger partial charge in [-0.25, -0.2) is 4.79 Å². The van der Waals surface area contributed by atoms with Crippen molar-refractivity contribution in [2.75, 3.05) is 6.54 Å². The van der Waals surface area contributed by atoms with Crippen molar-refractivity contribution in [1.82, 2.24) is 4.90 Å². The molecule has 0 spiro atoms. The highest BCUT2D eigenvalue weighted by Gasteiger charge is 2.37. The van der Waals surface area contributed by atoms with Crippen molar-refractivity contribution >= 4 is 22.0 Å². The second-order valence-electron chi connectivity index (χ2n) is 6.09. The molecule has 1 fully saturated rings. The highest BCUT2D eigenvalue weighted by atomic mass is 79.9. The summed E-state index contributed by atoms with van der Waals surface area (Å²) < 4.78 is 6.40. The summed E-state index contributed by atoms with van der Waals surface area (Å²) in [5.41, 5.74) is 0.477. The Balaban J connectivity index is 2.18. The van der Waals surface area contributed by atoms with Crippen molar-refractivity contribution in [3.05, 3.63) is 34.3 Å². The molecule has 5 heteroatoms. The van der Waals surface area contributed by atoms with Crippen LogP contribution >= 0.6 is 15.9 Å². The van der Waals surface area contributed by atoms with Gasteiger partial charge in [0.1, 0.15) is 5.60 Å². The Morgan fingerprint density at radius 2 is 1.95 bits per heavy atom. The van der Waals surface area contributed by atoms with E-state index in [0.717, 1.165) is 10.0 Å². The maximum Gasteiger partial charge on any atom is 0.410 e. The Morgan fingerprint density at radius 1 is 1.35 bits per heavy atom. The Morgan fingerprint density at radius 3 is 2.50 bits per heavy atom. The first-order valence-corrected chi connectivity index (χ1v) is 7.49. The molecule has 0 radical (unpaired) electrons. The summed E-state index contributed by atoms with van der Waals surface area (Å²) in [6.45, 7) is 5.83. The summed E-state index contributed by atoms with van der Waals surface area (Å²) in [7, 11) is 0. The van der Waals surface area contributed by atoms with Gasteiger partial charge < -0.3 is 9.84 Å². The third kappa shape index (κ3) is 3.73. The molecular formula is C15H20BrNO3. The molecule has 0 aliphatic carbocycles. The van der Waals surface area contributed by atoms with Crippen molar-refractivity contribution in [2.24, 2.45) is 0 Å². The first-order valence-electron chi connectivity index (χ1n) is 6.69. The Labute approximate surface area is 127 Å². The molecule has 1 heterocycles. The Bertz CT molecular complexity index is 481. The van der Waals surface area contributed by atoms with Crippen LogP contribution in [0.3, 0.4) is 0 Å². The van der Waals surface area contributed by atoms with E-state index >= 15 is 0 Å². The molecule has 0 bridgehead atoms. The molecule has 4 nitrogen and oxygen atoms in total. The van der Waals surface area contributed by atoms with Crippen molar-refractivity contribution in [3.8, 4) is 0 Å². The van der Waals surface area contributed by atoms with Gasteiger partial charge in [0.2, 0.25) is 0 Å². The maximum absolute atomic E-state index is 12.2. The fourth-order valence-corrected chi connectivity index (χ4v) is 2.60. The van der Waals surface area contributed by atoms with Gasteiger partial charge in [-0.1, -0.05) is 28.1 Å². The number of aliphatic hydroxyl groups excluding tert-OH is 1. The van der Waals surface area contributed by atoms with E-state index in [1.165, 1.54) is 0 Å². The third-order valence-electron chi connectivity index (χ3n) is 3.16. The molecule has 1 aliphatic rings. The molecule has 2 atom stereocenters. The van der Waals surface area contributed by atoms with Crippen LogP contribution in [0.15, 0.2) is 28.7 Å². The number of carbonyl (C=O) groups excluding carboxylic acids is 1. The SMILES string of the molecule is CC(C)(C)OC(=O)N1CC(O)CC1c1ccc(Br)cc1. The highest BCUT2D eigenvalue weighted by molar-refractivity contribution is 9.10. The van der Waals surface area contributed by atoms with Crippen LogP contribution < -0.4 is 0 Å². The van der Waals surface area contributed by atoms with E-state index in [0.29, 0.717) is 13.0 Å². The fraction of sp³-hybridized carbons (Fsp3) is 0.533. The minimum atomic E-state index is -0.533. The molecule has 1 N–H and O–H groups in total. The average molecular weight is 342 g/mol. The Hall–Kier alpha value is -1.07. The minimum absolute atomic E-state index is 0.132. The lowest BCUT2D eigenvalue weighted by Gasteiger charge is -2.28. The van der Waals surface area contributed by atoms with E-state index < -0.39 is 11.7 Å². The lowest BCUT2D eigenvalue weighted by atomic mass is 10.0. The molecule has 1 aromatic rings. The topological polar surface area (TPSA) is 49.8 Å².